The molecule has 6 nitrogen and oxygen atoms in total. The van der Waals surface area contributed by atoms with Crippen molar-refractivity contribution in [3.8, 4) is 0 Å². The van der Waals surface area contributed by atoms with Gasteiger partial charge in [-0.1, -0.05) is 11.6 Å². The van der Waals surface area contributed by atoms with E-state index < -0.39 is 15.6 Å². The van der Waals surface area contributed by atoms with E-state index in [4.69, 9.17) is 11.6 Å². The molecule has 1 saturated heterocycles. The highest BCUT2D eigenvalue weighted by atomic mass is 35.5. The molecular formula is C17H20ClN3O3S. The zero-order valence-corrected chi connectivity index (χ0v) is 15.2. The van der Waals surface area contributed by atoms with Crippen LogP contribution >= 0.6 is 11.6 Å². The summed E-state index contributed by atoms with van der Waals surface area (Å²) in [6.45, 7) is 1.06. The quantitative estimate of drug-likeness (QED) is 0.853. The Morgan fingerprint density at radius 1 is 1.24 bits per heavy atom. The molecule has 2 unspecified atom stereocenters. The van der Waals surface area contributed by atoms with Crippen LogP contribution in [-0.4, -0.2) is 46.4 Å². The minimum absolute atomic E-state index is 0.163. The van der Waals surface area contributed by atoms with Gasteiger partial charge in [-0.2, -0.15) is 5.10 Å². The predicted octanol–water partition coefficient (Wildman–Crippen LogP) is 2.24. The van der Waals surface area contributed by atoms with Gasteiger partial charge in [-0.15, -0.1) is 0 Å². The number of aliphatic hydroxyl groups is 1. The largest absolute Gasteiger partial charge is 0.385 e. The summed E-state index contributed by atoms with van der Waals surface area (Å²) in [6, 6.07) is 3.62. The fourth-order valence-electron chi connectivity index (χ4n) is 4.71. The van der Waals surface area contributed by atoms with Gasteiger partial charge in [0.1, 0.15) is 0 Å². The fourth-order valence-corrected chi connectivity index (χ4v) is 6.88. The van der Waals surface area contributed by atoms with Gasteiger partial charge in [0.25, 0.3) is 0 Å². The summed E-state index contributed by atoms with van der Waals surface area (Å²) in [5.41, 5.74) is 0.637. The molecule has 3 aliphatic rings. The number of sulfonamides is 1. The highest BCUT2D eigenvalue weighted by Crippen LogP contribution is 2.51. The van der Waals surface area contributed by atoms with Crippen molar-refractivity contribution in [1.29, 1.82) is 0 Å². The Kier molecular flexibility index (Phi) is 3.33. The first-order valence-corrected chi connectivity index (χ1v) is 10.6. The average molecular weight is 382 g/mol. The van der Waals surface area contributed by atoms with Gasteiger partial charge in [0.05, 0.1) is 22.6 Å². The molecule has 1 aromatic carbocycles. The van der Waals surface area contributed by atoms with Crippen LogP contribution in [-0.2, 0) is 15.6 Å². The monoisotopic (exact) mass is 381 g/mol. The van der Waals surface area contributed by atoms with E-state index in [0.29, 0.717) is 31.0 Å². The van der Waals surface area contributed by atoms with Crippen molar-refractivity contribution in [3.63, 3.8) is 0 Å². The molecule has 134 valence electrons. The number of benzene rings is 1. The van der Waals surface area contributed by atoms with Crippen molar-refractivity contribution in [1.82, 2.24) is 14.5 Å². The lowest BCUT2D eigenvalue weighted by Crippen LogP contribution is -2.34. The summed E-state index contributed by atoms with van der Waals surface area (Å²) in [6.07, 6.45) is 4.43. The van der Waals surface area contributed by atoms with Gasteiger partial charge < -0.3 is 5.11 Å². The summed E-state index contributed by atoms with van der Waals surface area (Å²) < 4.78 is 26.6. The number of nitrogens with zero attached hydrogens (tertiary/aromatic N) is 2. The topological polar surface area (TPSA) is 86.3 Å². The van der Waals surface area contributed by atoms with Crippen molar-refractivity contribution in [3.05, 3.63) is 28.9 Å². The molecule has 3 fully saturated rings. The number of hydrogen-bond donors (Lipinski definition) is 2. The Bertz CT molecular complexity index is 939. The second-order valence-electron chi connectivity index (χ2n) is 7.81. The Morgan fingerprint density at radius 2 is 1.92 bits per heavy atom. The van der Waals surface area contributed by atoms with Gasteiger partial charge in [0.15, 0.2) is 0 Å². The van der Waals surface area contributed by atoms with Crippen molar-refractivity contribution in [2.45, 2.75) is 36.5 Å². The SMILES string of the molecule is O=S(=O)(C1CC1)N1CC2CC(O)(c3cc(Cl)cc4[nH]ncc34)C[C@@H]2C1. The number of hydrogen-bond acceptors (Lipinski definition) is 4. The van der Waals surface area contributed by atoms with Crippen LogP contribution in [0.15, 0.2) is 18.3 Å². The van der Waals surface area contributed by atoms with Crippen molar-refractivity contribution >= 4 is 32.5 Å². The summed E-state index contributed by atoms with van der Waals surface area (Å²) in [5, 5.41) is 19.6. The molecule has 2 N–H and O–H groups in total. The molecule has 2 aromatic rings. The normalized spacial score (nSPS) is 33.2. The second kappa shape index (κ2) is 5.19. The number of H-pyrrole nitrogens is 1. The fraction of sp³-hybridized carbons (Fsp3) is 0.588. The average Bonchev–Trinajstić information content (AvgIpc) is 3.07. The van der Waals surface area contributed by atoms with Crippen LogP contribution < -0.4 is 0 Å². The molecule has 2 aliphatic carbocycles. The van der Waals surface area contributed by atoms with Crippen LogP contribution in [0.3, 0.4) is 0 Å². The van der Waals surface area contributed by atoms with Gasteiger partial charge in [0, 0.05) is 23.5 Å². The minimum atomic E-state index is -3.13. The standard InChI is InChI=1S/C17H20ClN3O3S/c18-12-3-15(14-7-19-20-16(14)4-12)17(22)5-10-8-21(9-11(10)6-17)25(23,24)13-1-2-13/h3-4,7,10-11,13,22H,1-2,5-6,8-9H2,(H,19,20)/t10-,11?,17?/m1/s1. The van der Waals surface area contributed by atoms with Gasteiger partial charge in [-0.05, 0) is 55.2 Å². The molecule has 0 amide bonds. The smallest absolute Gasteiger partial charge is 0.216 e. The molecule has 1 aromatic heterocycles. The minimum Gasteiger partial charge on any atom is -0.385 e. The van der Waals surface area contributed by atoms with E-state index in [1.165, 1.54) is 0 Å². The molecule has 8 heteroatoms. The lowest BCUT2D eigenvalue weighted by Gasteiger charge is -2.27. The van der Waals surface area contributed by atoms with Gasteiger partial charge in [0.2, 0.25) is 10.0 Å². The van der Waals surface area contributed by atoms with Crippen LogP contribution in [0.2, 0.25) is 5.02 Å². The van der Waals surface area contributed by atoms with E-state index in [1.54, 1.807) is 16.6 Å². The third kappa shape index (κ3) is 2.44. The first kappa shape index (κ1) is 16.1. The van der Waals surface area contributed by atoms with Crippen LogP contribution in [0.1, 0.15) is 31.2 Å². The van der Waals surface area contributed by atoms with Gasteiger partial charge in [-0.25, -0.2) is 12.7 Å². The van der Waals surface area contributed by atoms with E-state index >= 15 is 0 Å². The van der Waals surface area contributed by atoms with Gasteiger partial charge in [-0.3, -0.25) is 5.10 Å². The Hall–Kier alpha value is -1.15. The molecule has 5 rings (SSSR count). The van der Waals surface area contributed by atoms with Crippen molar-refractivity contribution < 1.29 is 13.5 Å². The van der Waals surface area contributed by atoms with Crippen LogP contribution in [0.5, 0.6) is 0 Å². The zero-order valence-electron chi connectivity index (χ0n) is 13.7. The number of nitrogens with one attached hydrogen (secondary N) is 1. The summed E-state index contributed by atoms with van der Waals surface area (Å²) >= 11 is 6.22. The van der Waals surface area contributed by atoms with Crippen molar-refractivity contribution in [2.75, 3.05) is 13.1 Å². The third-order valence-electron chi connectivity index (χ3n) is 6.07. The van der Waals surface area contributed by atoms with Crippen LogP contribution in [0, 0.1) is 11.8 Å². The van der Waals surface area contributed by atoms with Gasteiger partial charge >= 0.3 is 0 Å². The number of fused-ring (bicyclic) bond motifs is 2. The predicted molar refractivity (Wildman–Crippen MR) is 94.7 cm³/mol. The molecule has 0 bridgehead atoms. The maximum absolute atomic E-state index is 12.5. The maximum Gasteiger partial charge on any atom is 0.216 e. The summed E-state index contributed by atoms with van der Waals surface area (Å²) in [7, 11) is -3.13. The van der Waals surface area contributed by atoms with Crippen LogP contribution in [0.25, 0.3) is 10.9 Å². The highest BCUT2D eigenvalue weighted by molar-refractivity contribution is 7.90. The zero-order chi connectivity index (χ0) is 17.4. The van der Waals surface area contributed by atoms with E-state index in [2.05, 4.69) is 10.2 Å². The molecule has 0 radical (unpaired) electrons. The maximum atomic E-state index is 12.5. The van der Waals surface area contributed by atoms with Crippen molar-refractivity contribution in [2.24, 2.45) is 11.8 Å². The molecule has 3 atom stereocenters. The molecule has 2 heterocycles. The molecule has 25 heavy (non-hydrogen) atoms. The first-order chi connectivity index (χ1) is 11.9. The lowest BCUT2D eigenvalue weighted by atomic mass is 9.88. The van der Waals surface area contributed by atoms with Crippen LogP contribution in [0.4, 0.5) is 0 Å². The Balaban J connectivity index is 1.44. The van der Waals surface area contributed by atoms with E-state index in [9.17, 15) is 13.5 Å². The third-order valence-corrected chi connectivity index (χ3v) is 8.62. The highest BCUT2D eigenvalue weighted by Gasteiger charge is 2.53. The molecule has 1 aliphatic heterocycles. The Morgan fingerprint density at radius 3 is 2.56 bits per heavy atom. The molecular weight excluding hydrogens is 362 g/mol. The van der Waals surface area contributed by atoms with E-state index in [-0.39, 0.29) is 17.1 Å². The number of aromatic amines is 1. The molecule has 2 saturated carbocycles. The number of rotatable bonds is 3. The molecule has 0 spiro atoms. The number of halogens is 1. The van der Waals surface area contributed by atoms with E-state index in [1.807, 2.05) is 6.07 Å². The lowest BCUT2D eigenvalue weighted by molar-refractivity contribution is 0.0353. The summed E-state index contributed by atoms with van der Waals surface area (Å²) in [5.74, 6) is 0.388. The second-order valence-corrected chi connectivity index (χ2v) is 10.5. The summed E-state index contributed by atoms with van der Waals surface area (Å²) in [4.78, 5) is 0. The van der Waals surface area contributed by atoms with E-state index in [0.717, 1.165) is 29.3 Å². The Labute approximate surface area is 151 Å². The first-order valence-electron chi connectivity index (χ1n) is 8.71. The number of aromatic nitrogens is 2.